The van der Waals surface area contributed by atoms with Crippen molar-refractivity contribution in [3.05, 3.63) is 29.3 Å². The summed E-state index contributed by atoms with van der Waals surface area (Å²) in [4.78, 5) is 13.6. The van der Waals surface area contributed by atoms with Crippen LogP contribution >= 0.6 is 0 Å². The van der Waals surface area contributed by atoms with E-state index in [9.17, 15) is 4.79 Å². The molecule has 1 fully saturated rings. The number of rotatable bonds is 2. The molecule has 1 amide bonds. The molecule has 1 saturated heterocycles. The van der Waals surface area contributed by atoms with E-state index in [0.717, 1.165) is 31.5 Å². The summed E-state index contributed by atoms with van der Waals surface area (Å²) in [5.41, 5.74) is 9.08. The van der Waals surface area contributed by atoms with E-state index in [2.05, 4.69) is 36.9 Å². The van der Waals surface area contributed by atoms with Gasteiger partial charge < -0.3 is 10.6 Å². The normalized spacial score (nSPS) is 20.4. The topological polar surface area (TPSA) is 46.3 Å². The smallest absolute Gasteiger partial charge is 0.240 e. The van der Waals surface area contributed by atoms with Crippen molar-refractivity contribution in [3.8, 4) is 0 Å². The molecule has 0 spiro atoms. The van der Waals surface area contributed by atoms with E-state index in [4.69, 9.17) is 5.73 Å². The lowest BCUT2D eigenvalue weighted by molar-refractivity contribution is -0.119. The molecule has 1 aliphatic rings. The highest BCUT2D eigenvalue weighted by atomic mass is 16.1. The highest BCUT2D eigenvalue weighted by Crippen LogP contribution is 2.26. The molecule has 0 radical (unpaired) electrons. The molecular weight excluding hydrogens is 212 g/mol. The lowest BCUT2D eigenvalue weighted by atomic mass is 9.99. The number of amides is 1. The molecule has 0 aliphatic carbocycles. The average Bonchev–Trinajstić information content (AvgIpc) is 2.27. The molecule has 2 N–H and O–H groups in total. The molecule has 0 unspecified atom stereocenters. The number of anilines is 1. The van der Waals surface area contributed by atoms with E-state index in [0.29, 0.717) is 0 Å². The third-order valence-corrected chi connectivity index (χ3v) is 3.37. The van der Waals surface area contributed by atoms with E-state index in [1.165, 1.54) is 11.1 Å². The molecule has 1 atom stereocenters. The van der Waals surface area contributed by atoms with Crippen LogP contribution < -0.4 is 10.6 Å². The zero-order valence-corrected chi connectivity index (χ0v) is 10.6. The zero-order valence-electron chi connectivity index (χ0n) is 10.6. The Bertz CT molecular complexity index is 408. The van der Waals surface area contributed by atoms with E-state index >= 15 is 0 Å². The van der Waals surface area contributed by atoms with Crippen molar-refractivity contribution in [2.45, 2.75) is 39.2 Å². The molecule has 0 bridgehead atoms. The Hall–Kier alpha value is -1.51. The molecule has 2 rings (SSSR count). The molecule has 1 aromatic rings. The van der Waals surface area contributed by atoms with Crippen molar-refractivity contribution in [1.82, 2.24) is 0 Å². The maximum absolute atomic E-state index is 11.5. The van der Waals surface area contributed by atoms with Crippen LogP contribution in [0.1, 0.15) is 30.4 Å². The maximum atomic E-state index is 11.5. The summed E-state index contributed by atoms with van der Waals surface area (Å²) in [7, 11) is 0. The average molecular weight is 232 g/mol. The third-order valence-electron chi connectivity index (χ3n) is 3.37. The largest absolute Gasteiger partial charge is 0.368 e. The fourth-order valence-corrected chi connectivity index (χ4v) is 2.65. The van der Waals surface area contributed by atoms with E-state index in [1.807, 2.05) is 0 Å². The van der Waals surface area contributed by atoms with Crippen LogP contribution in [0.4, 0.5) is 5.69 Å². The standard InChI is InChI=1S/C14H20N2O/c1-10-7-11(2)9-12(8-10)16-6-4-3-5-13(16)14(15)17/h7-9,13H,3-6H2,1-2H3,(H2,15,17)/t13-/m0/s1. The summed E-state index contributed by atoms with van der Waals surface area (Å²) in [6, 6.07) is 6.28. The van der Waals surface area contributed by atoms with Gasteiger partial charge in [0.25, 0.3) is 0 Å². The monoisotopic (exact) mass is 232 g/mol. The highest BCUT2D eigenvalue weighted by molar-refractivity contribution is 5.84. The van der Waals surface area contributed by atoms with Gasteiger partial charge in [0.2, 0.25) is 5.91 Å². The Morgan fingerprint density at radius 1 is 1.24 bits per heavy atom. The number of carbonyl (C=O) groups is 1. The Labute approximate surface area is 103 Å². The summed E-state index contributed by atoms with van der Waals surface area (Å²) in [6.07, 6.45) is 3.11. The molecule has 1 aromatic carbocycles. The number of benzene rings is 1. The molecule has 17 heavy (non-hydrogen) atoms. The Morgan fingerprint density at radius 3 is 2.47 bits per heavy atom. The summed E-state index contributed by atoms with van der Waals surface area (Å²) in [5, 5.41) is 0. The molecular formula is C14H20N2O. The minimum absolute atomic E-state index is 0.134. The van der Waals surface area contributed by atoms with Crippen LogP contribution in [0.2, 0.25) is 0 Å². The van der Waals surface area contributed by atoms with Crippen LogP contribution in [0.5, 0.6) is 0 Å². The zero-order chi connectivity index (χ0) is 12.4. The summed E-state index contributed by atoms with van der Waals surface area (Å²) in [5.74, 6) is -0.205. The Kier molecular flexibility index (Phi) is 3.36. The van der Waals surface area contributed by atoms with Crippen molar-refractivity contribution >= 4 is 11.6 Å². The highest BCUT2D eigenvalue weighted by Gasteiger charge is 2.27. The first-order chi connectivity index (χ1) is 8.08. The van der Waals surface area contributed by atoms with Crippen LogP contribution in [0.3, 0.4) is 0 Å². The number of aryl methyl sites for hydroxylation is 2. The van der Waals surface area contributed by atoms with Gasteiger partial charge in [0, 0.05) is 12.2 Å². The van der Waals surface area contributed by atoms with Gasteiger partial charge in [-0.05, 0) is 56.4 Å². The predicted molar refractivity (Wildman–Crippen MR) is 70.1 cm³/mol. The predicted octanol–water partition coefficient (Wildman–Crippen LogP) is 2.15. The molecule has 0 aromatic heterocycles. The maximum Gasteiger partial charge on any atom is 0.240 e. The first-order valence-corrected chi connectivity index (χ1v) is 6.22. The van der Waals surface area contributed by atoms with Crippen molar-refractivity contribution in [2.24, 2.45) is 5.73 Å². The number of nitrogens with two attached hydrogens (primary N) is 1. The van der Waals surface area contributed by atoms with Gasteiger partial charge in [-0.25, -0.2) is 0 Å². The molecule has 92 valence electrons. The number of carbonyl (C=O) groups excluding carboxylic acids is 1. The van der Waals surface area contributed by atoms with Crippen molar-refractivity contribution in [3.63, 3.8) is 0 Å². The number of nitrogens with zero attached hydrogens (tertiary/aromatic N) is 1. The van der Waals surface area contributed by atoms with Crippen LogP contribution in [0, 0.1) is 13.8 Å². The Morgan fingerprint density at radius 2 is 1.88 bits per heavy atom. The van der Waals surface area contributed by atoms with Gasteiger partial charge in [-0.1, -0.05) is 6.07 Å². The lowest BCUT2D eigenvalue weighted by Crippen LogP contribution is -2.47. The SMILES string of the molecule is Cc1cc(C)cc(N2CCCC[C@H]2C(N)=O)c1. The molecule has 0 saturated carbocycles. The fourth-order valence-electron chi connectivity index (χ4n) is 2.65. The summed E-state index contributed by atoms with van der Waals surface area (Å²) >= 11 is 0. The van der Waals surface area contributed by atoms with Gasteiger partial charge in [-0.15, -0.1) is 0 Å². The fraction of sp³-hybridized carbons (Fsp3) is 0.500. The van der Waals surface area contributed by atoms with Crippen molar-refractivity contribution in [2.75, 3.05) is 11.4 Å². The van der Waals surface area contributed by atoms with Crippen molar-refractivity contribution < 1.29 is 4.79 Å². The first-order valence-electron chi connectivity index (χ1n) is 6.22. The van der Waals surface area contributed by atoms with Gasteiger partial charge in [0.05, 0.1) is 0 Å². The van der Waals surface area contributed by atoms with Crippen LogP contribution in [0.15, 0.2) is 18.2 Å². The van der Waals surface area contributed by atoms with Gasteiger partial charge >= 0.3 is 0 Å². The van der Waals surface area contributed by atoms with E-state index < -0.39 is 0 Å². The second-order valence-electron chi connectivity index (χ2n) is 4.95. The number of hydrogen-bond donors (Lipinski definition) is 1. The van der Waals surface area contributed by atoms with Crippen LogP contribution in [0.25, 0.3) is 0 Å². The van der Waals surface area contributed by atoms with E-state index in [1.54, 1.807) is 0 Å². The molecule has 1 heterocycles. The third kappa shape index (κ3) is 2.60. The molecule has 3 nitrogen and oxygen atoms in total. The first kappa shape index (κ1) is 12.0. The molecule has 1 aliphatic heterocycles. The minimum Gasteiger partial charge on any atom is -0.368 e. The summed E-state index contributed by atoms with van der Waals surface area (Å²) < 4.78 is 0. The number of hydrogen-bond acceptors (Lipinski definition) is 2. The second-order valence-corrected chi connectivity index (χ2v) is 4.95. The van der Waals surface area contributed by atoms with Gasteiger partial charge in [0.1, 0.15) is 6.04 Å². The number of piperidine rings is 1. The van der Waals surface area contributed by atoms with Gasteiger partial charge in [-0.2, -0.15) is 0 Å². The molecule has 3 heteroatoms. The van der Waals surface area contributed by atoms with Gasteiger partial charge in [0.15, 0.2) is 0 Å². The van der Waals surface area contributed by atoms with Gasteiger partial charge in [-0.3, -0.25) is 4.79 Å². The van der Waals surface area contributed by atoms with Crippen molar-refractivity contribution in [1.29, 1.82) is 0 Å². The lowest BCUT2D eigenvalue weighted by Gasteiger charge is -2.36. The second kappa shape index (κ2) is 4.78. The van der Waals surface area contributed by atoms with Crippen LogP contribution in [-0.2, 0) is 4.79 Å². The number of primary amides is 1. The Balaban J connectivity index is 2.32. The van der Waals surface area contributed by atoms with E-state index in [-0.39, 0.29) is 11.9 Å². The van der Waals surface area contributed by atoms with Crippen LogP contribution in [-0.4, -0.2) is 18.5 Å². The summed E-state index contributed by atoms with van der Waals surface area (Å²) in [6.45, 7) is 5.09. The quantitative estimate of drug-likeness (QED) is 0.849. The minimum atomic E-state index is -0.205.